The summed E-state index contributed by atoms with van der Waals surface area (Å²) in [5, 5.41) is 14.7. The number of rotatable bonds is 7. The van der Waals surface area contributed by atoms with Gasteiger partial charge in [0.05, 0.1) is 11.1 Å². The molecule has 0 heterocycles. The van der Waals surface area contributed by atoms with E-state index >= 15 is 0 Å². The van der Waals surface area contributed by atoms with Crippen LogP contribution in [0.25, 0.3) is 0 Å². The van der Waals surface area contributed by atoms with Crippen LogP contribution in [0.15, 0.2) is 77.9 Å². The lowest BCUT2D eigenvalue weighted by Crippen LogP contribution is -2.17. The molecule has 3 aromatic carbocycles. The fraction of sp³-hybridized carbons (Fsp3) is 0.0476. The zero-order valence-corrected chi connectivity index (χ0v) is 17.3. The average Bonchev–Trinajstić information content (AvgIpc) is 2.73. The molecule has 0 saturated heterocycles. The van der Waals surface area contributed by atoms with Crippen molar-refractivity contribution < 1.29 is 14.5 Å². The third-order valence-corrected chi connectivity index (χ3v) is 4.66. The molecule has 0 spiro atoms. The van der Waals surface area contributed by atoms with Gasteiger partial charge in [0.25, 0.3) is 11.6 Å². The largest absolute Gasteiger partial charge is 0.488 e. The van der Waals surface area contributed by atoms with E-state index in [0.717, 1.165) is 9.13 Å². The highest BCUT2D eigenvalue weighted by Gasteiger charge is 2.06. The number of para-hydroxylation sites is 1. The molecule has 0 bridgehead atoms. The van der Waals surface area contributed by atoms with Gasteiger partial charge in [0.1, 0.15) is 12.4 Å². The topological polar surface area (TPSA) is 93.8 Å². The molecule has 0 aliphatic carbocycles. The molecule has 0 aromatic heterocycles. The van der Waals surface area contributed by atoms with E-state index in [9.17, 15) is 14.9 Å². The lowest BCUT2D eigenvalue weighted by molar-refractivity contribution is -0.384. The van der Waals surface area contributed by atoms with Gasteiger partial charge in [-0.25, -0.2) is 5.43 Å². The molecular weight excluding hydrogens is 485 g/mol. The molecule has 29 heavy (non-hydrogen) atoms. The average molecular weight is 501 g/mol. The first-order valence-corrected chi connectivity index (χ1v) is 9.65. The number of hydrogen-bond donors (Lipinski definition) is 1. The number of carbonyl (C=O) groups excluding carboxylic acids is 1. The molecule has 0 atom stereocenters. The Hall–Kier alpha value is -3.27. The van der Waals surface area contributed by atoms with Crippen LogP contribution >= 0.6 is 22.6 Å². The third-order valence-electron chi connectivity index (χ3n) is 3.94. The lowest BCUT2D eigenvalue weighted by atomic mass is 10.2. The number of carbonyl (C=O) groups is 1. The number of nitro groups is 1. The van der Waals surface area contributed by atoms with Crippen LogP contribution in [-0.2, 0) is 6.61 Å². The van der Waals surface area contributed by atoms with E-state index in [1.807, 2.05) is 30.3 Å². The smallest absolute Gasteiger partial charge is 0.271 e. The maximum atomic E-state index is 12.1. The minimum atomic E-state index is -0.444. The predicted molar refractivity (Wildman–Crippen MR) is 118 cm³/mol. The van der Waals surface area contributed by atoms with Crippen molar-refractivity contribution in [1.29, 1.82) is 0 Å². The van der Waals surface area contributed by atoms with E-state index < -0.39 is 4.92 Å². The second-order valence-electron chi connectivity index (χ2n) is 5.96. The van der Waals surface area contributed by atoms with Gasteiger partial charge in [-0.05, 0) is 76.7 Å². The molecule has 0 fully saturated rings. The zero-order valence-electron chi connectivity index (χ0n) is 15.1. The monoisotopic (exact) mass is 501 g/mol. The van der Waals surface area contributed by atoms with E-state index in [1.165, 1.54) is 18.3 Å². The van der Waals surface area contributed by atoms with E-state index in [2.05, 4.69) is 33.1 Å². The number of halogens is 1. The van der Waals surface area contributed by atoms with Gasteiger partial charge >= 0.3 is 0 Å². The van der Waals surface area contributed by atoms with Crippen molar-refractivity contribution in [1.82, 2.24) is 5.43 Å². The molecule has 3 aromatic rings. The first-order chi connectivity index (χ1) is 14.0. The summed E-state index contributed by atoms with van der Waals surface area (Å²) in [4.78, 5) is 22.4. The minimum absolute atomic E-state index is 0.0325. The predicted octanol–water partition coefficient (Wildman–Crippen LogP) is 4.54. The van der Waals surface area contributed by atoms with Crippen molar-refractivity contribution in [3.8, 4) is 5.75 Å². The van der Waals surface area contributed by atoms with Gasteiger partial charge in [-0.1, -0.05) is 12.1 Å². The molecule has 0 aliphatic heterocycles. The summed E-state index contributed by atoms with van der Waals surface area (Å²) in [6.45, 7) is 0.248. The number of amides is 1. The van der Waals surface area contributed by atoms with Crippen LogP contribution < -0.4 is 10.2 Å². The Balaban J connectivity index is 1.62. The van der Waals surface area contributed by atoms with Crippen molar-refractivity contribution in [3.63, 3.8) is 0 Å². The van der Waals surface area contributed by atoms with Crippen molar-refractivity contribution in [2.24, 2.45) is 5.10 Å². The Morgan fingerprint density at radius 3 is 2.45 bits per heavy atom. The highest BCUT2D eigenvalue weighted by molar-refractivity contribution is 14.1. The molecule has 3 rings (SSSR count). The van der Waals surface area contributed by atoms with Crippen LogP contribution in [0.4, 0.5) is 5.69 Å². The van der Waals surface area contributed by atoms with Gasteiger partial charge in [-0.2, -0.15) is 5.10 Å². The first kappa shape index (κ1) is 20.5. The summed E-state index contributed by atoms with van der Waals surface area (Å²) in [6.07, 6.45) is 1.51. The second-order valence-corrected chi connectivity index (χ2v) is 7.20. The zero-order chi connectivity index (χ0) is 20.6. The van der Waals surface area contributed by atoms with Gasteiger partial charge in [0.15, 0.2) is 0 Å². The minimum Gasteiger partial charge on any atom is -0.488 e. The Morgan fingerprint density at radius 2 is 1.76 bits per heavy atom. The van der Waals surface area contributed by atoms with Crippen LogP contribution in [0.1, 0.15) is 21.5 Å². The summed E-state index contributed by atoms with van der Waals surface area (Å²) >= 11 is 2.17. The maximum absolute atomic E-state index is 12.1. The number of benzene rings is 3. The Morgan fingerprint density at radius 1 is 1.07 bits per heavy atom. The molecule has 1 N–H and O–H groups in total. The Labute approximate surface area is 180 Å². The molecule has 1 amide bonds. The van der Waals surface area contributed by atoms with E-state index in [1.54, 1.807) is 30.3 Å². The number of hydrogen-bond acceptors (Lipinski definition) is 5. The number of nitro benzene ring substituents is 1. The number of ether oxygens (including phenoxy) is 1. The molecule has 0 aliphatic rings. The van der Waals surface area contributed by atoms with Crippen molar-refractivity contribution in [2.75, 3.05) is 0 Å². The van der Waals surface area contributed by atoms with Gasteiger partial charge in [0, 0.05) is 26.8 Å². The normalized spacial score (nSPS) is 10.7. The van der Waals surface area contributed by atoms with Crippen LogP contribution in [0.2, 0.25) is 0 Å². The summed E-state index contributed by atoms with van der Waals surface area (Å²) in [7, 11) is 0. The van der Waals surface area contributed by atoms with Gasteiger partial charge in [-0.3, -0.25) is 14.9 Å². The summed E-state index contributed by atoms with van der Waals surface area (Å²) in [5.41, 5.74) is 4.54. The van der Waals surface area contributed by atoms with Gasteiger partial charge in [0.2, 0.25) is 0 Å². The van der Waals surface area contributed by atoms with Crippen LogP contribution in [0.5, 0.6) is 5.75 Å². The first-order valence-electron chi connectivity index (χ1n) is 8.57. The number of nitrogens with zero attached hydrogens (tertiary/aromatic N) is 2. The molecule has 8 heteroatoms. The van der Waals surface area contributed by atoms with Crippen molar-refractivity contribution >= 4 is 40.4 Å². The van der Waals surface area contributed by atoms with Gasteiger partial charge < -0.3 is 4.74 Å². The van der Waals surface area contributed by atoms with Crippen LogP contribution in [-0.4, -0.2) is 17.0 Å². The highest BCUT2D eigenvalue weighted by atomic mass is 127. The van der Waals surface area contributed by atoms with Crippen LogP contribution in [0.3, 0.4) is 0 Å². The molecular formula is C21H16IN3O4. The SMILES string of the molecule is O=C(N/N=C\c1ccccc1OCc1ccc([N+](=O)[O-])cc1)c1ccc(I)cc1. The fourth-order valence-corrected chi connectivity index (χ4v) is 2.78. The highest BCUT2D eigenvalue weighted by Crippen LogP contribution is 2.19. The Bertz CT molecular complexity index is 1030. The van der Waals surface area contributed by atoms with E-state index in [-0.39, 0.29) is 18.2 Å². The fourth-order valence-electron chi connectivity index (χ4n) is 2.42. The maximum Gasteiger partial charge on any atom is 0.271 e. The standard InChI is InChI=1S/C21H16IN3O4/c22-18-9-7-16(8-10-18)21(26)24-23-13-17-3-1-2-4-20(17)29-14-15-5-11-19(12-6-15)25(27)28/h1-13H,14H2,(H,24,26)/b23-13-. The lowest BCUT2D eigenvalue weighted by Gasteiger charge is -2.09. The van der Waals surface area contributed by atoms with Gasteiger partial charge in [-0.15, -0.1) is 0 Å². The number of non-ortho nitro benzene ring substituents is 1. The van der Waals surface area contributed by atoms with E-state index in [0.29, 0.717) is 16.9 Å². The second kappa shape index (κ2) is 9.78. The summed E-state index contributed by atoms with van der Waals surface area (Å²) in [6, 6.07) is 20.6. The molecule has 0 saturated carbocycles. The summed E-state index contributed by atoms with van der Waals surface area (Å²) in [5.74, 6) is 0.278. The molecule has 0 radical (unpaired) electrons. The molecule has 146 valence electrons. The summed E-state index contributed by atoms with van der Waals surface area (Å²) < 4.78 is 6.85. The molecule has 7 nitrogen and oxygen atoms in total. The van der Waals surface area contributed by atoms with Crippen LogP contribution in [0, 0.1) is 13.7 Å². The number of hydrazone groups is 1. The molecule has 0 unspecified atom stereocenters. The Kier molecular flexibility index (Phi) is 6.90. The van der Waals surface area contributed by atoms with Crippen molar-refractivity contribution in [3.05, 3.63) is 103 Å². The third kappa shape index (κ3) is 5.85. The quantitative estimate of drug-likeness (QED) is 0.223. The number of nitrogens with one attached hydrogen (secondary N) is 1. The van der Waals surface area contributed by atoms with E-state index in [4.69, 9.17) is 4.74 Å². The van der Waals surface area contributed by atoms with Crippen molar-refractivity contribution in [2.45, 2.75) is 6.61 Å².